The third-order valence-electron chi connectivity index (χ3n) is 5.80. The Bertz CT molecular complexity index is 712. The number of hydrogen-bond acceptors (Lipinski definition) is 3. The molecule has 2 aliphatic rings. The summed E-state index contributed by atoms with van der Waals surface area (Å²) in [5.74, 6) is 0.831. The molecule has 2 aliphatic carbocycles. The molecule has 2 saturated carbocycles. The van der Waals surface area contributed by atoms with Gasteiger partial charge in [-0.3, -0.25) is 0 Å². The highest BCUT2D eigenvalue weighted by molar-refractivity contribution is 7.30. The maximum atomic E-state index is 12.7. The molecule has 1 unspecified atom stereocenters. The molecule has 1 aromatic carbocycles. The molecule has 0 saturated heterocycles. The Morgan fingerprint density at radius 2 is 1.88 bits per heavy atom. The summed E-state index contributed by atoms with van der Waals surface area (Å²) >= 11 is 0. The summed E-state index contributed by atoms with van der Waals surface area (Å²) in [7, 11) is 3.38. The zero-order chi connectivity index (χ0) is 16.7. The molecular formula is C20H28N2OS. The fourth-order valence-corrected chi connectivity index (χ4v) is 5.48. The number of thiophene rings is 1. The minimum absolute atomic E-state index is 0.511. The number of nitrogens with zero attached hydrogens (tertiary/aromatic N) is 1. The second-order valence-corrected chi connectivity index (χ2v) is 9.12. The molecule has 0 radical (unpaired) electrons. The first kappa shape index (κ1) is 16.4. The lowest BCUT2D eigenvalue weighted by Crippen LogP contribution is -2.36. The van der Waals surface area contributed by atoms with E-state index < -0.39 is 10.8 Å². The lowest BCUT2D eigenvalue weighted by molar-refractivity contribution is 0.221. The molecule has 0 bridgehead atoms. The number of rotatable bonds is 5. The molecule has 1 N–H and O–H groups in total. The first-order valence-electron chi connectivity index (χ1n) is 9.29. The van der Waals surface area contributed by atoms with Crippen molar-refractivity contribution in [3.05, 3.63) is 29.1 Å². The second kappa shape index (κ2) is 6.66. The number of fused-ring (bicyclic) bond motifs is 1. The van der Waals surface area contributed by atoms with Crippen LogP contribution < -0.4 is 5.32 Å². The summed E-state index contributed by atoms with van der Waals surface area (Å²) < 4.78 is 13.7. The lowest BCUT2D eigenvalue weighted by atomic mass is 9.90. The predicted molar refractivity (Wildman–Crippen MR) is 102 cm³/mol. The van der Waals surface area contributed by atoms with Gasteiger partial charge in [-0.2, -0.15) is 0 Å². The Kier molecular flexibility index (Phi) is 4.54. The van der Waals surface area contributed by atoms with Crippen molar-refractivity contribution < 1.29 is 4.55 Å². The third kappa shape index (κ3) is 3.32. The first-order chi connectivity index (χ1) is 11.6. The standard InChI is InChI=1S/C20H28N2OS/c1-22(2)17-10-8-16(9-11-17)21-19-5-3-4-18-15(12-14-6-7-14)13-24(23)20(18)19/h3-5,13-14,16-17,21H,6-12H2,1-2H3. The summed E-state index contributed by atoms with van der Waals surface area (Å²) in [6.45, 7) is 0. The minimum Gasteiger partial charge on any atom is -0.590 e. The summed E-state index contributed by atoms with van der Waals surface area (Å²) in [4.78, 5) is 2.35. The topological polar surface area (TPSA) is 38.3 Å². The van der Waals surface area contributed by atoms with Gasteiger partial charge in [-0.1, -0.05) is 6.07 Å². The van der Waals surface area contributed by atoms with E-state index in [-0.39, 0.29) is 0 Å². The van der Waals surface area contributed by atoms with Crippen molar-refractivity contribution in [2.75, 3.05) is 19.4 Å². The average Bonchev–Trinajstić information content (AvgIpc) is 3.32. The van der Waals surface area contributed by atoms with Crippen LogP contribution in [0.4, 0.5) is 5.69 Å². The van der Waals surface area contributed by atoms with Crippen molar-refractivity contribution in [1.82, 2.24) is 4.90 Å². The molecule has 3 nitrogen and oxygen atoms in total. The van der Waals surface area contributed by atoms with Crippen molar-refractivity contribution >= 4 is 26.5 Å². The number of anilines is 1. The van der Waals surface area contributed by atoms with Gasteiger partial charge in [0.1, 0.15) is 5.38 Å². The molecule has 130 valence electrons. The van der Waals surface area contributed by atoms with Crippen molar-refractivity contribution in [1.29, 1.82) is 0 Å². The van der Waals surface area contributed by atoms with E-state index >= 15 is 0 Å². The summed E-state index contributed by atoms with van der Waals surface area (Å²) in [6.07, 6.45) is 8.67. The zero-order valence-electron chi connectivity index (χ0n) is 14.8. The number of hydrogen-bond donors (Lipinski definition) is 1. The van der Waals surface area contributed by atoms with Gasteiger partial charge in [0.25, 0.3) is 0 Å². The molecule has 2 aromatic rings. The van der Waals surface area contributed by atoms with Crippen LogP contribution in [-0.4, -0.2) is 35.6 Å². The molecule has 1 atom stereocenters. The van der Waals surface area contributed by atoms with E-state index in [0.717, 1.165) is 22.7 Å². The molecule has 24 heavy (non-hydrogen) atoms. The molecule has 4 heteroatoms. The van der Waals surface area contributed by atoms with Gasteiger partial charge in [0, 0.05) is 23.0 Å². The minimum atomic E-state index is -0.979. The van der Waals surface area contributed by atoms with Crippen LogP contribution in [-0.2, 0) is 6.42 Å². The van der Waals surface area contributed by atoms with Gasteiger partial charge in [-0.25, -0.2) is 0 Å². The Hall–Kier alpha value is -1.10. The van der Waals surface area contributed by atoms with Crippen LogP contribution in [0.2, 0.25) is 0 Å². The van der Waals surface area contributed by atoms with Gasteiger partial charge in [0.15, 0.2) is 0 Å². The summed E-state index contributed by atoms with van der Waals surface area (Å²) in [6, 6.07) is 7.61. The number of nitrogens with one attached hydrogen (secondary N) is 1. The maximum Gasteiger partial charge on any atom is 0.203 e. The molecule has 4 rings (SSSR count). The monoisotopic (exact) mass is 344 g/mol. The van der Waals surface area contributed by atoms with E-state index in [1.807, 2.05) is 5.38 Å². The largest absolute Gasteiger partial charge is 0.590 e. The van der Waals surface area contributed by atoms with Crippen LogP contribution in [0, 0.1) is 5.92 Å². The van der Waals surface area contributed by atoms with Crippen molar-refractivity contribution in [3.8, 4) is 0 Å². The quantitative estimate of drug-likeness (QED) is 0.792. The van der Waals surface area contributed by atoms with Crippen LogP contribution in [0.15, 0.2) is 23.6 Å². The molecular weight excluding hydrogens is 316 g/mol. The van der Waals surface area contributed by atoms with Gasteiger partial charge >= 0.3 is 0 Å². The van der Waals surface area contributed by atoms with Crippen molar-refractivity contribution in [3.63, 3.8) is 0 Å². The van der Waals surface area contributed by atoms with E-state index in [4.69, 9.17) is 0 Å². The van der Waals surface area contributed by atoms with E-state index in [2.05, 4.69) is 42.5 Å². The van der Waals surface area contributed by atoms with E-state index in [1.54, 1.807) is 0 Å². The van der Waals surface area contributed by atoms with Crippen LogP contribution in [0.5, 0.6) is 0 Å². The number of benzene rings is 1. The average molecular weight is 345 g/mol. The van der Waals surface area contributed by atoms with E-state index in [1.165, 1.54) is 49.5 Å². The highest BCUT2D eigenvalue weighted by Gasteiger charge is 2.27. The lowest BCUT2D eigenvalue weighted by Gasteiger charge is -2.33. The van der Waals surface area contributed by atoms with Gasteiger partial charge in [0.2, 0.25) is 4.70 Å². The smallest absolute Gasteiger partial charge is 0.203 e. The Labute approximate surface area is 147 Å². The van der Waals surface area contributed by atoms with Crippen LogP contribution in [0.3, 0.4) is 0 Å². The SMILES string of the molecule is CN(C)C1CCC(Nc2cccc3c(CC4CC4)c[s+]([O-])c23)CC1. The Balaban J connectivity index is 1.53. The molecule has 0 aliphatic heterocycles. The normalized spacial score (nSPS) is 25.4. The van der Waals surface area contributed by atoms with Gasteiger partial charge < -0.3 is 14.8 Å². The first-order valence-corrected chi connectivity index (χ1v) is 10.5. The van der Waals surface area contributed by atoms with Gasteiger partial charge in [0.05, 0.1) is 5.69 Å². The van der Waals surface area contributed by atoms with Gasteiger partial charge in [-0.15, -0.1) is 0 Å². The van der Waals surface area contributed by atoms with E-state index in [0.29, 0.717) is 12.1 Å². The fourth-order valence-electron chi connectivity index (χ4n) is 4.12. The summed E-state index contributed by atoms with van der Waals surface area (Å²) in [5.41, 5.74) is 2.41. The van der Waals surface area contributed by atoms with Crippen LogP contribution in [0.25, 0.3) is 10.1 Å². The molecule has 1 aromatic heterocycles. The molecule has 2 fully saturated rings. The maximum absolute atomic E-state index is 12.7. The zero-order valence-corrected chi connectivity index (χ0v) is 15.6. The Morgan fingerprint density at radius 3 is 2.54 bits per heavy atom. The van der Waals surface area contributed by atoms with Crippen molar-refractivity contribution in [2.24, 2.45) is 5.92 Å². The van der Waals surface area contributed by atoms with Gasteiger partial charge in [-0.05, 0) is 87.8 Å². The molecule has 0 amide bonds. The molecule has 1 heterocycles. The summed E-state index contributed by atoms with van der Waals surface area (Å²) in [5, 5.41) is 6.94. The Morgan fingerprint density at radius 1 is 1.12 bits per heavy atom. The fraction of sp³-hybridized carbons (Fsp3) is 0.600. The molecule has 0 spiro atoms. The predicted octanol–water partition coefficient (Wildman–Crippen LogP) is 4.80. The third-order valence-corrected chi connectivity index (χ3v) is 7.14. The highest BCUT2D eigenvalue weighted by atomic mass is 32.2. The highest BCUT2D eigenvalue weighted by Crippen LogP contribution is 2.42. The van der Waals surface area contributed by atoms with E-state index in [9.17, 15) is 4.55 Å². The second-order valence-electron chi connectivity index (χ2n) is 7.88. The van der Waals surface area contributed by atoms with Crippen LogP contribution in [0.1, 0.15) is 44.1 Å². The van der Waals surface area contributed by atoms with Crippen molar-refractivity contribution in [2.45, 2.75) is 57.0 Å². The van der Waals surface area contributed by atoms with Crippen LogP contribution >= 0.6 is 10.8 Å².